The van der Waals surface area contributed by atoms with Gasteiger partial charge < -0.3 is 39.6 Å². The first-order chi connectivity index (χ1) is 38.1. The van der Waals surface area contributed by atoms with Crippen molar-refractivity contribution in [2.24, 2.45) is 0 Å². The van der Waals surface area contributed by atoms with Crippen molar-refractivity contribution < 1.29 is 36.6 Å². The van der Waals surface area contributed by atoms with E-state index in [0.717, 1.165) is 47.6 Å². The average molecular weight is 1120 g/mol. The van der Waals surface area contributed by atoms with Crippen LogP contribution in [0.15, 0.2) is 193 Å². The highest BCUT2D eigenvalue weighted by atomic mass is 32.2. The van der Waals surface area contributed by atoms with Crippen molar-refractivity contribution >= 4 is 43.1 Å². The van der Waals surface area contributed by atoms with E-state index in [1.807, 2.05) is 43.3 Å². The van der Waals surface area contributed by atoms with E-state index in [4.69, 9.17) is 4.74 Å². The van der Waals surface area contributed by atoms with Crippen molar-refractivity contribution in [3.05, 3.63) is 199 Å². The normalized spacial score (nSPS) is 12.7. The van der Waals surface area contributed by atoms with E-state index in [-0.39, 0.29) is 33.4 Å². The van der Waals surface area contributed by atoms with Gasteiger partial charge in [0.25, 0.3) is 20.0 Å². The van der Waals surface area contributed by atoms with Crippen LogP contribution in [-0.4, -0.2) is 97.0 Å². The van der Waals surface area contributed by atoms with E-state index in [1.54, 1.807) is 122 Å². The van der Waals surface area contributed by atoms with E-state index in [0.29, 0.717) is 47.8 Å². The van der Waals surface area contributed by atoms with Gasteiger partial charge in [-0.15, -0.1) is 0 Å². The lowest BCUT2D eigenvalue weighted by atomic mass is 9.99. The molecule has 2 heterocycles. The zero-order valence-corrected chi connectivity index (χ0v) is 48.0. The molecule has 6 N–H and O–H groups in total. The summed E-state index contributed by atoms with van der Waals surface area (Å²) in [5.41, 5.74) is 6.65. The highest BCUT2D eigenvalue weighted by Crippen LogP contribution is 2.28. The van der Waals surface area contributed by atoms with Crippen molar-refractivity contribution in [2.75, 3.05) is 48.1 Å². The molecule has 0 spiro atoms. The molecule has 0 aliphatic carbocycles. The highest BCUT2D eigenvalue weighted by Gasteiger charge is 2.24. The van der Waals surface area contributed by atoms with E-state index >= 15 is 0 Å². The first kappa shape index (κ1) is 60.0. The monoisotopic (exact) mass is 1120 g/mol. The van der Waals surface area contributed by atoms with Crippen molar-refractivity contribution in [1.29, 1.82) is 0 Å². The number of imidazole rings is 2. The zero-order chi connectivity index (χ0) is 57.5. The maximum atomic E-state index is 12.8. The number of carbonyl (C=O) groups is 1. The summed E-state index contributed by atoms with van der Waals surface area (Å²) in [6.07, 6.45) is 7.48. The van der Waals surface area contributed by atoms with Crippen molar-refractivity contribution in [3.8, 4) is 22.5 Å². The topological polar surface area (TPSA) is 222 Å². The first-order valence-corrected chi connectivity index (χ1v) is 29.4. The molecule has 80 heavy (non-hydrogen) atoms. The number of rotatable bonds is 25. The number of hydrogen-bond donors (Lipinski definition) is 6. The second kappa shape index (κ2) is 27.0. The Bertz CT molecular complexity index is 3480. The summed E-state index contributed by atoms with van der Waals surface area (Å²) in [6, 6.07) is 45.5. The van der Waals surface area contributed by atoms with Gasteiger partial charge in [-0.05, 0) is 120 Å². The smallest absolute Gasteiger partial charge is 0.338 e. The lowest BCUT2D eigenvalue weighted by molar-refractivity contribution is 0.0526. The molecule has 422 valence electrons. The molecule has 2 unspecified atom stereocenters. The zero-order valence-electron chi connectivity index (χ0n) is 46.3. The Hall–Kier alpha value is -7.65. The SMILES string of the molecule is CCOC(=O)c1ccc(-c2cn(CCC(C)(C)NCC(O)c3ccccc3NS(=O)(=O)c3ccccc3)cn2)cc1.CN(C)c1ccc(-c2cn(CCC(C)(C)NCC(O)c3cccc(NS(=O)(=O)c4ccccc4)c3)cn2)cc1. The van der Waals surface area contributed by atoms with Gasteiger partial charge in [0.05, 0.1) is 63.9 Å². The van der Waals surface area contributed by atoms with Crippen LogP contribution < -0.4 is 25.0 Å². The Balaban J connectivity index is 0.000000231. The summed E-state index contributed by atoms with van der Waals surface area (Å²) in [5.74, 6) is -0.346. The quantitative estimate of drug-likeness (QED) is 0.0294. The van der Waals surface area contributed by atoms with Gasteiger partial charge in [-0.25, -0.2) is 31.6 Å². The molecule has 0 saturated carbocycles. The summed E-state index contributed by atoms with van der Waals surface area (Å²) >= 11 is 0. The third kappa shape index (κ3) is 17.2. The lowest BCUT2D eigenvalue weighted by Gasteiger charge is -2.28. The van der Waals surface area contributed by atoms with Gasteiger partial charge in [0.1, 0.15) is 0 Å². The minimum Gasteiger partial charge on any atom is -0.462 e. The maximum Gasteiger partial charge on any atom is 0.338 e. The Kier molecular flexibility index (Phi) is 20.3. The number of para-hydroxylation sites is 1. The third-order valence-corrected chi connectivity index (χ3v) is 16.1. The number of nitrogens with zero attached hydrogens (tertiary/aromatic N) is 5. The lowest BCUT2D eigenvalue weighted by Crippen LogP contribution is -2.42. The molecule has 8 aromatic rings. The average Bonchev–Trinajstić information content (AvgIpc) is 4.17. The molecule has 6 aromatic carbocycles. The number of esters is 1. The van der Waals surface area contributed by atoms with Crippen molar-refractivity contribution in [2.45, 2.75) is 93.6 Å². The van der Waals surface area contributed by atoms with Crippen LogP contribution in [0.4, 0.5) is 17.1 Å². The van der Waals surface area contributed by atoms with Gasteiger partial charge in [-0.1, -0.05) is 91.0 Å². The molecule has 19 heteroatoms. The first-order valence-electron chi connectivity index (χ1n) is 26.4. The summed E-state index contributed by atoms with van der Waals surface area (Å²) in [5, 5.41) is 28.7. The Morgan fingerprint density at radius 1 is 0.613 bits per heavy atom. The fourth-order valence-electron chi connectivity index (χ4n) is 8.46. The number of hydrogen-bond acceptors (Lipinski definition) is 13. The summed E-state index contributed by atoms with van der Waals surface area (Å²) < 4.78 is 65.3. The predicted octanol–water partition coefficient (Wildman–Crippen LogP) is 9.93. The van der Waals surface area contributed by atoms with Crippen LogP contribution >= 0.6 is 0 Å². The fourth-order valence-corrected chi connectivity index (χ4v) is 10.6. The third-order valence-electron chi connectivity index (χ3n) is 13.4. The molecule has 0 fully saturated rings. The number of aliphatic hydroxyl groups is 2. The Morgan fingerprint density at radius 3 is 1.62 bits per heavy atom. The van der Waals surface area contributed by atoms with Crippen LogP contribution in [0.5, 0.6) is 0 Å². The van der Waals surface area contributed by atoms with Crippen LogP contribution in [0.1, 0.15) is 81.2 Å². The molecular weight excluding hydrogens is 1050 g/mol. The van der Waals surface area contributed by atoms with Gasteiger partial charge >= 0.3 is 5.97 Å². The van der Waals surface area contributed by atoms with Gasteiger partial charge in [0.15, 0.2) is 0 Å². The molecule has 0 radical (unpaired) electrons. The summed E-state index contributed by atoms with van der Waals surface area (Å²) in [4.78, 5) is 23.4. The molecule has 2 aromatic heterocycles. The molecule has 0 aliphatic rings. The van der Waals surface area contributed by atoms with Gasteiger partial charge in [-0.2, -0.15) is 0 Å². The number of aliphatic hydroxyl groups excluding tert-OH is 2. The van der Waals surface area contributed by atoms with Gasteiger partial charge in [0.2, 0.25) is 0 Å². The second-order valence-corrected chi connectivity index (χ2v) is 24.2. The minimum atomic E-state index is -3.79. The van der Waals surface area contributed by atoms with Gasteiger partial charge in [0, 0.05) is 91.8 Å². The molecule has 0 amide bonds. The number of aromatic nitrogens is 4. The summed E-state index contributed by atoms with van der Waals surface area (Å²) in [7, 11) is -3.45. The second-order valence-electron chi connectivity index (χ2n) is 20.8. The highest BCUT2D eigenvalue weighted by molar-refractivity contribution is 7.93. The maximum absolute atomic E-state index is 12.8. The number of carbonyl (C=O) groups excluding carboxylic acids is 1. The van der Waals surface area contributed by atoms with E-state index in [1.165, 1.54) is 12.1 Å². The molecule has 2 atom stereocenters. The molecular formula is C61H73N9O8S2. The van der Waals surface area contributed by atoms with E-state index in [2.05, 4.69) is 97.7 Å². The van der Waals surface area contributed by atoms with Crippen LogP contribution in [0.2, 0.25) is 0 Å². The molecule has 0 bridgehead atoms. The Morgan fingerprint density at radius 2 is 1.10 bits per heavy atom. The molecule has 17 nitrogen and oxygen atoms in total. The van der Waals surface area contributed by atoms with Crippen LogP contribution in [0.3, 0.4) is 0 Å². The van der Waals surface area contributed by atoms with Crippen LogP contribution in [0, 0.1) is 0 Å². The van der Waals surface area contributed by atoms with E-state index in [9.17, 15) is 31.8 Å². The number of nitrogens with one attached hydrogen (secondary N) is 4. The van der Waals surface area contributed by atoms with E-state index < -0.39 is 32.3 Å². The number of aryl methyl sites for hydroxylation is 2. The van der Waals surface area contributed by atoms with Crippen molar-refractivity contribution in [1.82, 2.24) is 29.7 Å². The van der Waals surface area contributed by atoms with Gasteiger partial charge in [-0.3, -0.25) is 9.44 Å². The summed E-state index contributed by atoms with van der Waals surface area (Å²) in [6.45, 7) is 12.4. The Labute approximate surface area is 470 Å². The fraction of sp³-hybridized carbons (Fsp3) is 0.295. The largest absolute Gasteiger partial charge is 0.462 e. The predicted molar refractivity (Wildman–Crippen MR) is 316 cm³/mol. The minimum absolute atomic E-state index is 0.153. The molecule has 0 saturated heterocycles. The van der Waals surface area contributed by atoms with Crippen molar-refractivity contribution in [3.63, 3.8) is 0 Å². The molecule has 8 rings (SSSR count). The van der Waals surface area contributed by atoms with Crippen LogP contribution in [0.25, 0.3) is 22.5 Å². The standard InChI is InChI=1S/C31H36N4O5S.C30H37N5O3S/c1-4-40-30(37)24-16-14-23(15-17-24)28-21-35(22-32-28)19-18-31(2,3)33-20-29(36)26-12-8-9-13-27(26)34-41(38,39)25-10-6-5-7-11-25;1-30(2,17-18-35-21-28(31-22-35)23-13-15-26(16-14-23)34(3)4)32-20-29(36)24-9-8-10-25(19-24)33-39(37,38)27-11-6-5-7-12-27/h5-17,21-22,29,33-34,36H,4,18-20H2,1-3H3;5-16,19,21-22,29,32-33,36H,17-18,20H2,1-4H3. The number of sulfonamides is 2. The van der Waals surface area contributed by atoms with Crippen LogP contribution in [-0.2, 0) is 37.9 Å². The molecule has 0 aliphatic heterocycles. The number of benzene rings is 6. The number of anilines is 3. The number of ether oxygens (including phenoxy) is 1. The number of β-amino-alcohol motifs (C(OH)–C–C–N with tert-alkyl or cyclic N) is 2.